The van der Waals surface area contributed by atoms with Crippen molar-refractivity contribution in [2.45, 2.75) is 83.9 Å². The molecule has 3 aromatic heterocycles. The molecule has 2 aliphatic carbocycles. The molecule has 2 fully saturated rings. The Labute approximate surface area is 232 Å². The van der Waals surface area contributed by atoms with Gasteiger partial charge in [-0.25, -0.2) is 19.7 Å². The zero-order valence-corrected chi connectivity index (χ0v) is 23.3. The monoisotopic (exact) mass is 558 g/mol. The molecule has 0 amide bonds. The lowest BCUT2D eigenvalue weighted by molar-refractivity contribution is -0.184. The van der Waals surface area contributed by atoms with Crippen molar-refractivity contribution in [2.24, 2.45) is 17.8 Å². The predicted molar refractivity (Wildman–Crippen MR) is 146 cm³/mol. The quantitative estimate of drug-likeness (QED) is 0.290. The fraction of sp³-hybridized carbons (Fsp3) is 0.621. The second-order valence-corrected chi connectivity index (χ2v) is 11.5. The first kappa shape index (κ1) is 28.3. The molecule has 40 heavy (non-hydrogen) atoms. The summed E-state index contributed by atoms with van der Waals surface area (Å²) in [4.78, 5) is 30.9. The van der Waals surface area contributed by atoms with Crippen molar-refractivity contribution in [3.05, 3.63) is 29.7 Å². The number of aromatic nitrogens is 5. The molecule has 5 rings (SSSR count). The van der Waals surface area contributed by atoms with Crippen molar-refractivity contribution in [1.82, 2.24) is 24.5 Å². The third-order valence-corrected chi connectivity index (χ3v) is 8.47. The molecular formula is C29H37F3N6O2. The molecular weight excluding hydrogens is 521 g/mol. The number of nitrogens with one attached hydrogen (secondary N) is 1. The minimum atomic E-state index is -4.16. The molecule has 0 bridgehead atoms. The molecule has 0 saturated heterocycles. The predicted octanol–water partition coefficient (Wildman–Crippen LogP) is 6.77. The molecule has 2 saturated carbocycles. The van der Waals surface area contributed by atoms with Crippen molar-refractivity contribution in [3.63, 3.8) is 0 Å². The highest BCUT2D eigenvalue weighted by molar-refractivity contribution is 5.92. The van der Waals surface area contributed by atoms with Crippen LogP contribution in [0.1, 0.15) is 87.3 Å². The Morgan fingerprint density at radius 3 is 2.48 bits per heavy atom. The van der Waals surface area contributed by atoms with Gasteiger partial charge in [-0.2, -0.15) is 13.2 Å². The Morgan fingerprint density at radius 1 is 1.10 bits per heavy atom. The molecule has 0 radical (unpaired) electrons. The molecule has 1 N–H and O–H groups in total. The van der Waals surface area contributed by atoms with E-state index in [4.69, 9.17) is 9.72 Å². The van der Waals surface area contributed by atoms with Gasteiger partial charge in [0.2, 0.25) is 5.82 Å². The lowest BCUT2D eigenvalue weighted by Gasteiger charge is -2.30. The van der Waals surface area contributed by atoms with Crippen molar-refractivity contribution in [2.75, 3.05) is 19.0 Å². The molecule has 0 atom stereocenters. The standard InChI is InChI=1S/C29H37F3N6O2/c1-17(2)20-12-14-33-22(15-20)27-37-25-23(38(27)16-19-7-9-21(10-8-19)29(30,31)32)24(34-13-11-18-5-4-6-18)35-26(36-25)28(39)40-3/h12,14-15,17-19,21H,4-11,13,16H2,1-3H3,(H,34,35,36). The van der Waals surface area contributed by atoms with E-state index in [1.54, 1.807) is 6.20 Å². The molecule has 3 aromatic rings. The maximum atomic E-state index is 13.3. The molecule has 3 heterocycles. The van der Waals surface area contributed by atoms with Crippen LogP contribution in [0.5, 0.6) is 0 Å². The lowest BCUT2D eigenvalue weighted by Crippen LogP contribution is -2.29. The molecule has 0 spiro atoms. The van der Waals surface area contributed by atoms with Gasteiger partial charge in [0.05, 0.1) is 13.0 Å². The number of hydrogen-bond acceptors (Lipinski definition) is 7. The van der Waals surface area contributed by atoms with Crippen LogP contribution < -0.4 is 5.32 Å². The van der Waals surface area contributed by atoms with Gasteiger partial charge in [-0.15, -0.1) is 0 Å². The molecule has 216 valence electrons. The topological polar surface area (TPSA) is 94.8 Å². The van der Waals surface area contributed by atoms with Crippen molar-refractivity contribution >= 4 is 23.0 Å². The Kier molecular flexibility index (Phi) is 8.28. The summed E-state index contributed by atoms with van der Waals surface area (Å²) in [7, 11) is 1.28. The van der Waals surface area contributed by atoms with E-state index in [0.29, 0.717) is 60.3 Å². The summed E-state index contributed by atoms with van der Waals surface area (Å²) in [5.41, 5.74) is 2.70. The highest BCUT2D eigenvalue weighted by Crippen LogP contribution is 2.41. The van der Waals surface area contributed by atoms with Crippen LogP contribution in [-0.4, -0.2) is 50.3 Å². The van der Waals surface area contributed by atoms with E-state index in [9.17, 15) is 18.0 Å². The number of rotatable bonds is 9. The summed E-state index contributed by atoms with van der Waals surface area (Å²) >= 11 is 0. The summed E-state index contributed by atoms with van der Waals surface area (Å²) in [5.74, 6) is 0.0236. The van der Waals surface area contributed by atoms with Crippen LogP contribution in [0.15, 0.2) is 18.3 Å². The van der Waals surface area contributed by atoms with Crippen LogP contribution in [0.2, 0.25) is 0 Å². The van der Waals surface area contributed by atoms with Crippen molar-refractivity contribution in [3.8, 4) is 11.5 Å². The van der Waals surface area contributed by atoms with Crippen LogP contribution >= 0.6 is 0 Å². The number of hydrogen-bond donors (Lipinski definition) is 1. The number of carbonyl (C=O) groups excluding carboxylic acids is 1. The molecule has 11 heteroatoms. The van der Waals surface area contributed by atoms with Gasteiger partial charge in [-0.1, -0.05) is 33.1 Å². The third kappa shape index (κ3) is 6.07. The van der Waals surface area contributed by atoms with E-state index >= 15 is 0 Å². The number of anilines is 1. The summed E-state index contributed by atoms with van der Waals surface area (Å²) in [5, 5.41) is 3.42. The minimum absolute atomic E-state index is 0.0335. The van der Waals surface area contributed by atoms with Gasteiger partial charge in [-0.05, 0) is 67.6 Å². The minimum Gasteiger partial charge on any atom is -0.463 e. The Balaban J connectivity index is 1.57. The first-order chi connectivity index (χ1) is 19.1. The smallest absolute Gasteiger partial charge is 0.391 e. The number of nitrogens with zero attached hydrogens (tertiary/aromatic N) is 5. The number of fused-ring (bicyclic) bond motifs is 1. The van der Waals surface area contributed by atoms with E-state index in [-0.39, 0.29) is 30.5 Å². The second-order valence-electron chi connectivity index (χ2n) is 11.5. The number of carbonyl (C=O) groups is 1. The normalized spacial score (nSPS) is 20.1. The molecule has 2 aliphatic rings. The zero-order chi connectivity index (χ0) is 28.4. The van der Waals surface area contributed by atoms with Crippen molar-refractivity contribution in [1.29, 1.82) is 0 Å². The zero-order valence-electron chi connectivity index (χ0n) is 23.3. The van der Waals surface area contributed by atoms with Gasteiger partial charge in [0, 0.05) is 19.3 Å². The molecule has 0 aromatic carbocycles. The Morgan fingerprint density at radius 2 is 1.85 bits per heavy atom. The highest BCUT2D eigenvalue weighted by atomic mass is 19.4. The lowest BCUT2D eigenvalue weighted by atomic mass is 9.81. The maximum absolute atomic E-state index is 13.3. The van der Waals surface area contributed by atoms with Gasteiger partial charge < -0.3 is 14.6 Å². The van der Waals surface area contributed by atoms with Crippen LogP contribution in [-0.2, 0) is 11.3 Å². The van der Waals surface area contributed by atoms with Gasteiger partial charge in [0.1, 0.15) is 11.2 Å². The largest absolute Gasteiger partial charge is 0.463 e. The third-order valence-electron chi connectivity index (χ3n) is 8.47. The van der Waals surface area contributed by atoms with E-state index < -0.39 is 18.1 Å². The number of methoxy groups -OCH3 is 1. The summed E-state index contributed by atoms with van der Waals surface area (Å²) in [6.45, 7) is 5.33. The van der Waals surface area contributed by atoms with Crippen LogP contribution in [0.3, 0.4) is 0 Å². The first-order valence-corrected chi connectivity index (χ1v) is 14.3. The van der Waals surface area contributed by atoms with Gasteiger partial charge >= 0.3 is 12.1 Å². The number of esters is 1. The maximum Gasteiger partial charge on any atom is 0.391 e. The van der Waals surface area contributed by atoms with Crippen LogP contribution in [0, 0.1) is 17.8 Å². The first-order valence-electron chi connectivity index (χ1n) is 14.3. The van der Waals surface area contributed by atoms with E-state index in [1.807, 2.05) is 16.7 Å². The fourth-order valence-electron chi connectivity index (χ4n) is 5.75. The van der Waals surface area contributed by atoms with E-state index in [0.717, 1.165) is 12.0 Å². The SMILES string of the molecule is COC(=O)c1nc(NCCC2CCC2)c2c(n1)nc(-c1cc(C(C)C)ccn1)n2CC1CCC(C(F)(F)F)CC1. The highest BCUT2D eigenvalue weighted by Gasteiger charge is 2.41. The Bertz CT molecular complexity index is 1340. The van der Waals surface area contributed by atoms with Gasteiger partial charge in [-0.3, -0.25) is 4.98 Å². The number of halogens is 3. The van der Waals surface area contributed by atoms with Crippen molar-refractivity contribution < 1.29 is 22.7 Å². The number of alkyl halides is 3. The van der Waals surface area contributed by atoms with Crippen LogP contribution in [0.4, 0.5) is 19.0 Å². The average molecular weight is 559 g/mol. The number of ether oxygens (including phenoxy) is 1. The van der Waals surface area contributed by atoms with Crippen LogP contribution in [0.25, 0.3) is 22.7 Å². The molecule has 0 aliphatic heterocycles. The van der Waals surface area contributed by atoms with E-state index in [1.165, 1.54) is 26.4 Å². The van der Waals surface area contributed by atoms with E-state index in [2.05, 4.69) is 34.1 Å². The van der Waals surface area contributed by atoms with Gasteiger partial charge in [0.15, 0.2) is 17.3 Å². The number of imidazole rings is 1. The molecule has 0 unspecified atom stereocenters. The fourth-order valence-corrected chi connectivity index (χ4v) is 5.75. The summed E-state index contributed by atoms with van der Waals surface area (Å²) in [6.07, 6.45) is 3.43. The van der Waals surface area contributed by atoms with Gasteiger partial charge in [0.25, 0.3) is 0 Å². The second kappa shape index (κ2) is 11.7. The average Bonchev–Trinajstić information content (AvgIpc) is 3.27. The molecule has 8 nitrogen and oxygen atoms in total. The summed E-state index contributed by atoms with van der Waals surface area (Å²) in [6, 6.07) is 3.95. The Hall–Kier alpha value is -3.24. The number of pyridine rings is 1. The summed E-state index contributed by atoms with van der Waals surface area (Å²) < 4.78 is 46.9.